The van der Waals surface area contributed by atoms with Crippen LogP contribution in [0.25, 0.3) is 0 Å². The lowest BCUT2D eigenvalue weighted by Gasteiger charge is -2.20. The summed E-state index contributed by atoms with van der Waals surface area (Å²) in [5.74, 6) is 0.803. The van der Waals surface area contributed by atoms with Gasteiger partial charge in [0.1, 0.15) is 0 Å². The van der Waals surface area contributed by atoms with Crippen molar-refractivity contribution < 1.29 is 14.5 Å². The Hall–Kier alpha value is -3.63. The summed E-state index contributed by atoms with van der Waals surface area (Å²) in [6, 6.07) is 33.7. The minimum atomic E-state index is -0.188. The fourth-order valence-electron chi connectivity index (χ4n) is 3.64. The molecule has 4 nitrogen and oxygen atoms in total. The summed E-state index contributed by atoms with van der Waals surface area (Å²) < 4.78 is 5.64. The maximum absolute atomic E-state index is 12.9. The summed E-state index contributed by atoms with van der Waals surface area (Å²) in [4.78, 5) is 12.9. The van der Waals surface area contributed by atoms with Gasteiger partial charge >= 0.3 is 0 Å². The minimum Gasteiger partial charge on any atom is -0.463 e. The quantitative estimate of drug-likeness (QED) is 0.475. The summed E-state index contributed by atoms with van der Waals surface area (Å²) in [5.41, 5.74) is 3.22. The molecule has 3 aromatic carbocycles. The fraction of sp³-hybridized carbons (Fsp3) is 0.115. The second-order valence-electron chi connectivity index (χ2n) is 7.17. The molecule has 0 unspecified atom stereocenters. The highest BCUT2D eigenvalue weighted by Gasteiger charge is 2.23. The van der Waals surface area contributed by atoms with Gasteiger partial charge in [-0.2, -0.15) is 0 Å². The molecule has 3 N–H and O–H groups in total. The first-order valence-corrected chi connectivity index (χ1v) is 10.1. The lowest BCUT2D eigenvalue weighted by Crippen LogP contribution is -2.87. The van der Waals surface area contributed by atoms with Crippen molar-refractivity contribution in [3.05, 3.63) is 132 Å². The van der Waals surface area contributed by atoms with Crippen LogP contribution in [-0.2, 0) is 4.79 Å². The Morgan fingerprint density at radius 3 is 1.77 bits per heavy atom. The molecule has 0 aliphatic rings. The molecule has 30 heavy (non-hydrogen) atoms. The van der Waals surface area contributed by atoms with E-state index in [1.54, 1.807) is 6.26 Å². The topological polar surface area (TPSA) is 58.9 Å². The van der Waals surface area contributed by atoms with E-state index >= 15 is 0 Å². The van der Waals surface area contributed by atoms with Gasteiger partial charge in [0.25, 0.3) is 5.91 Å². The summed E-state index contributed by atoms with van der Waals surface area (Å²) in [5, 5.41) is 5.21. The van der Waals surface area contributed by atoms with Gasteiger partial charge in [-0.15, -0.1) is 0 Å². The van der Waals surface area contributed by atoms with Crippen LogP contribution in [0.15, 0.2) is 114 Å². The molecule has 1 heterocycles. The van der Waals surface area contributed by atoms with Gasteiger partial charge in [0.15, 0.2) is 18.3 Å². The monoisotopic (exact) mass is 397 g/mol. The summed E-state index contributed by atoms with van der Waals surface area (Å²) >= 11 is 0. The van der Waals surface area contributed by atoms with Gasteiger partial charge in [-0.25, -0.2) is 0 Å². The zero-order chi connectivity index (χ0) is 20.6. The molecule has 0 fully saturated rings. The second kappa shape index (κ2) is 9.72. The van der Waals surface area contributed by atoms with Crippen LogP contribution in [0.4, 0.5) is 0 Å². The molecule has 0 radical (unpaired) electrons. The highest BCUT2D eigenvalue weighted by Crippen LogP contribution is 2.22. The number of amides is 1. The van der Waals surface area contributed by atoms with E-state index in [1.165, 1.54) is 0 Å². The first kappa shape index (κ1) is 19.7. The van der Waals surface area contributed by atoms with Crippen molar-refractivity contribution in [2.24, 2.45) is 0 Å². The van der Waals surface area contributed by atoms with Crippen molar-refractivity contribution in [1.82, 2.24) is 5.32 Å². The van der Waals surface area contributed by atoms with Gasteiger partial charge < -0.3 is 15.1 Å². The van der Waals surface area contributed by atoms with Crippen molar-refractivity contribution in [1.29, 1.82) is 0 Å². The Bertz CT molecular complexity index is 993. The molecule has 150 valence electrons. The SMILES string of the molecule is O=C(C[NH2+][C@@H](c1ccccc1)c1ccco1)NC(c1ccccc1)c1ccccc1. The Labute approximate surface area is 176 Å². The minimum absolute atomic E-state index is 0.0276. The van der Waals surface area contributed by atoms with E-state index < -0.39 is 0 Å². The zero-order valence-electron chi connectivity index (χ0n) is 16.6. The first-order valence-electron chi connectivity index (χ1n) is 10.1. The van der Waals surface area contributed by atoms with E-state index in [0.29, 0.717) is 0 Å². The number of furan rings is 1. The Kier molecular flexibility index (Phi) is 6.38. The number of quaternary nitrogens is 1. The Morgan fingerprint density at radius 1 is 0.733 bits per heavy atom. The standard InChI is InChI=1S/C26H24N2O2/c29-24(19-27-26(23-17-10-18-30-23)22-15-8-3-9-16-22)28-25(20-11-4-1-5-12-20)21-13-6-2-7-14-21/h1-18,25-27H,19H2,(H,28,29)/p+1/t26-/m0/s1. The number of benzene rings is 3. The number of rotatable bonds is 8. The molecule has 4 heteroatoms. The zero-order valence-corrected chi connectivity index (χ0v) is 16.6. The predicted molar refractivity (Wildman–Crippen MR) is 117 cm³/mol. The number of hydrogen-bond acceptors (Lipinski definition) is 2. The molecule has 1 aromatic heterocycles. The van der Waals surface area contributed by atoms with E-state index in [4.69, 9.17) is 4.42 Å². The van der Waals surface area contributed by atoms with Crippen molar-refractivity contribution in [3.63, 3.8) is 0 Å². The Balaban J connectivity index is 1.49. The maximum atomic E-state index is 12.9. The van der Waals surface area contributed by atoms with Crippen LogP contribution < -0.4 is 10.6 Å². The number of nitrogens with two attached hydrogens (primary N) is 1. The lowest BCUT2D eigenvalue weighted by atomic mass is 9.98. The van der Waals surface area contributed by atoms with Crippen molar-refractivity contribution in [3.8, 4) is 0 Å². The number of carbonyl (C=O) groups is 1. The highest BCUT2D eigenvalue weighted by atomic mass is 16.3. The number of hydrogen-bond donors (Lipinski definition) is 2. The molecule has 1 amide bonds. The third-order valence-corrected chi connectivity index (χ3v) is 5.12. The molecule has 4 aromatic rings. The van der Waals surface area contributed by atoms with Crippen LogP contribution in [-0.4, -0.2) is 12.5 Å². The van der Waals surface area contributed by atoms with Crippen molar-refractivity contribution >= 4 is 5.91 Å². The summed E-state index contributed by atoms with van der Waals surface area (Å²) in [6.45, 7) is 0.288. The van der Waals surface area contributed by atoms with Gasteiger partial charge in [-0.3, -0.25) is 4.79 Å². The van der Waals surface area contributed by atoms with Gasteiger partial charge in [0.2, 0.25) is 0 Å². The normalized spacial score (nSPS) is 11.9. The van der Waals surface area contributed by atoms with Crippen molar-refractivity contribution in [2.45, 2.75) is 12.1 Å². The molecule has 0 aliphatic carbocycles. The van der Waals surface area contributed by atoms with E-state index in [9.17, 15) is 4.79 Å². The summed E-state index contributed by atoms with van der Waals surface area (Å²) in [7, 11) is 0. The van der Waals surface area contributed by atoms with Crippen molar-refractivity contribution in [2.75, 3.05) is 6.54 Å². The third-order valence-electron chi connectivity index (χ3n) is 5.12. The van der Waals surface area contributed by atoms with Gasteiger partial charge in [-0.05, 0) is 23.3 Å². The van der Waals surface area contributed by atoms with Gasteiger partial charge in [-0.1, -0.05) is 91.0 Å². The van der Waals surface area contributed by atoms with E-state index in [2.05, 4.69) is 17.4 Å². The largest absolute Gasteiger partial charge is 0.463 e. The van der Waals surface area contributed by atoms with E-state index in [0.717, 1.165) is 22.5 Å². The molecule has 1 atom stereocenters. The highest BCUT2D eigenvalue weighted by molar-refractivity contribution is 5.77. The molecule has 0 bridgehead atoms. The van der Waals surface area contributed by atoms with E-state index in [1.807, 2.05) is 96.3 Å². The van der Waals surface area contributed by atoms with Crippen LogP contribution in [0.1, 0.15) is 34.5 Å². The van der Waals surface area contributed by atoms with E-state index in [-0.39, 0.29) is 24.5 Å². The number of nitrogens with one attached hydrogen (secondary N) is 1. The molecule has 0 saturated heterocycles. The van der Waals surface area contributed by atoms with Crippen LogP contribution >= 0.6 is 0 Å². The number of carbonyl (C=O) groups excluding carboxylic acids is 1. The average Bonchev–Trinajstić information content (AvgIpc) is 3.34. The van der Waals surface area contributed by atoms with Crippen LogP contribution in [0.3, 0.4) is 0 Å². The average molecular weight is 397 g/mol. The molecular weight excluding hydrogens is 372 g/mol. The first-order chi connectivity index (χ1) is 14.8. The molecule has 4 rings (SSSR count). The molecule has 0 aliphatic heterocycles. The summed E-state index contributed by atoms with van der Waals surface area (Å²) in [6.07, 6.45) is 1.67. The molecular formula is C26H25N2O2+. The smallest absolute Gasteiger partial charge is 0.275 e. The lowest BCUT2D eigenvalue weighted by molar-refractivity contribution is -0.678. The third kappa shape index (κ3) is 4.85. The van der Waals surface area contributed by atoms with Gasteiger partial charge in [0.05, 0.1) is 12.3 Å². The maximum Gasteiger partial charge on any atom is 0.275 e. The fourth-order valence-corrected chi connectivity index (χ4v) is 3.64. The van der Waals surface area contributed by atoms with Crippen LogP contribution in [0, 0.1) is 0 Å². The van der Waals surface area contributed by atoms with Gasteiger partial charge in [0, 0.05) is 5.56 Å². The predicted octanol–water partition coefficient (Wildman–Crippen LogP) is 3.84. The molecule has 0 saturated carbocycles. The second-order valence-corrected chi connectivity index (χ2v) is 7.17. The molecule has 0 spiro atoms. The van der Waals surface area contributed by atoms with Crippen LogP contribution in [0.5, 0.6) is 0 Å². The Morgan fingerprint density at radius 2 is 1.27 bits per heavy atom. The van der Waals surface area contributed by atoms with Crippen LogP contribution in [0.2, 0.25) is 0 Å².